The van der Waals surface area contributed by atoms with Gasteiger partial charge in [-0.25, -0.2) is 4.98 Å². The Balaban J connectivity index is 2.51. The minimum atomic E-state index is -0.123. The van der Waals surface area contributed by atoms with Gasteiger partial charge in [0.25, 0.3) is 0 Å². The minimum Gasteiger partial charge on any atom is -0.397 e. The fourth-order valence-electron chi connectivity index (χ4n) is 1.17. The highest BCUT2D eigenvalue weighted by atomic mass is 32.1. The van der Waals surface area contributed by atoms with Crippen LogP contribution in [0.25, 0.3) is 10.2 Å². The molecule has 0 aliphatic heterocycles. The molecule has 2 rings (SSSR count). The fourth-order valence-corrected chi connectivity index (χ4v) is 2.12. The average Bonchev–Trinajstić information content (AvgIpc) is 2.47. The maximum absolute atomic E-state index is 10.8. The van der Waals surface area contributed by atoms with Crippen molar-refractivity contribution in [1.82, 2.24) is 4.98 Å². The SMILES string of the molecule is CC(=O)Nc1nc2c(N)cccc2s1. The van der Waals surface area contributed by atoms with Gasteiger partial charge >= 0.3 is 0 Å². The van der Waals surface area contributed by atoms with Crippen molar-refractivity contribution in [2.75, 3.05) is 11.1 Å². The van der Waals surface area contributed by atoms with Crippen LogP contribution in [0.2, 0.25) is 0 Å². The first kappa shape index (κ1) is 8.96. The summed E-state index contributed by atoms with van der Waals surface area (Å²) in [7, 11) is 0. The number of para-hydroxylation sites is 1. The normalized spacial score (nSPS) is 10.4. The number of benzene rings is 1. The summed E-state index contributed by atoms with van der Waals surface area (Å²) in [5.41, 5.74) is 7.12. The molecule has 0 saturated heterocycles. The van der Waals surface area contributed by atoms with Crippen LogP contribution in [0.3, 0.4) is 0 Å². The predicted octanol–water partition coefficient (Wildman–Crippen LogP) is 1.84. The molecule has 72 valence electrons. The predicted molar refractivity (Wildman–Crippen MR) is 58.3 cm³/mol. The van der Waals surface area contributed by atoms with Gasteiger partial charge in [-0.1, -0.05) is 17.4 Å². The largest absolute Gasteiger partial charge is 0.397 e. The Labute approximate surface area is 84.8 Å². The molecule has 0 aliphatic carbocycles. The molecule has 5 heteroatoms. The van der Waals surface area contributed by atoms with E-state index in [1.54, 1.807) is 6.07 Å². The second-order valence-corrected chi connectivity index (χ2v) is 3.92. The van der Waals surface area contributed by atoms with Gasteiger partial charge in [-0.15, -0.1) is 0 Å². The lowest BCUT2D eigenvalue weighted by molar-refractivity contribution is -0.114. The third-order valence-corrected chi connectivity index (χ3v) is 2.67. The van der Waals surface area contributed by atoms with Gasteiger partial charge in [-0.2, -0.15) is 0 Å². The van der Waals surface area contributed by atoms with E-state index in [0.29, 0.717) is 10.8 Å². The molecule has 0 saturated carbocycles. The van der Waals surface area contributed by atoms with Gasteiger partial charge in [0.1, 0.15) is 5.52 Å². The average molecular weight is 207 g/mol. The van der Waals surface area contributed by atoms with Crippen molar-refractivity contribution in [2.24, 2.45) is 0 Å². The highest BCUT2D eigenvalue weighted by Gasteiger charge is 2.06. The maximum Gasteiger partial charge on any atom is 0.223 e. The number of thiazole rings is 1. The zero-order valence-electron chi connectivity index (χ0n) is 7.57. The van der Waals surface area contributed by atoms with Crippen molar-refractivity contribution in [2.45, 2.75) is 6.92 Å². The second-order valence-electron chi connectivity index (χ2n) is 2.89. The van der Waals surface area contributed by atoms with E-state index in [1.807, 2.05) is 12.1 Å². The molecule has 0 radical (unpaired) electrons. The number of fused-ring (bicyclic) bond motifs is 1. The minimum absolute atomic E-state index is 0.123. The van der Waals surface area contributed by atoms with Gasteiger partial charge in [0.05, 0.1) is 10.4 Å². The molecule has 0 aliphatic rings. The van der Waals surface area contributed by atoms with Crippen LogP contribution in [-0.4, -0.2) is 10.9 Å². The number of hydrogen-bond donors (Lipinski definition) is 2. The van der Waals surface area contributed by atoms with Crippen molar-refractivity contribution in [3.05, 3.63) is 18.2 Å². The van der Waals surface area contributed by atoms with E-state index in [4.69, 9.17) is 5.73 Å². The zero-order valence-corrected chi connectivity index (χ0v) is 8.39. The van der Waals surface area contributed by atoms with Gasteiger partial charge in [0, 0.05) is 6.92 Å². The van der Waals surface area contributed by atoms with Gasteiger partial charge in [0.2, 0.25) is 5.91 Å². The summed E-state index contributed by atoms with van der Waals surface area (Å²) in [6.07, 6.45) is 0. The monoisotopic (exact) mass is 207 g/mol. The molecule has 4 nitrogen and oxygen atoms in total. The lowest BCUT2D eigenvalue weighted by atomic mass is 10.3. The summed E-state index contributed by atoms with van der Waals surface area (Å²) < 4.78 is 0.980. The fraction of sp³-hybridized carbons (Fsp3) is 0.111. The van der Waals surface area contributed by atoms with E-state index in [2.05, 4.69) is 10.3 Å². The summed E-state index contributed by atoms with van der Waals surface area (Å²) in [5, 5.41) is 3.22. The third-order valence-electron chi connectivity index (χ3n) is 1.73. The summed E-state index contributed by atoms with van der Waals surface area (Å²) in [4.78, 5) is 15.0. The number of amides is 1. The van der Waals surface area contributed by atoms with Crippen LogP contribution in [-0.2, 0) is 4.79 Å². The van der Waals surface area contributed by atoms with Crippen molar-refractivity contribution < 1.29 is 4.79 Å². The number of rotatable bonds is 1. The number of carbonyl (C=O) groups is 1. The molecule has 1 aromatic heterocycles. The van der Waals surface area contributed by atoms with Crippen molar-refractivity contribution in [1.29, 1.82) is 0 Å². The molecule has 0 spiro atoms. The number of anilines is 2. The molecule has 3 N–H and O–H groups in total. The van der Waals surface area contributed by atoms with Crippen molar-refractivity contribution in [3.8, 4) is 0 Å². The van der Waals surface area contributed by atoms with E-state index >= 15 is 0 Å². The van der Waals surface area contributed by atoms with Gasteiger partial charge < -0.3 is 11.1 Å². The smallest absolute Gasteiger partial charge is 0.223 e. The van der Waals surface area contributed by atoms with E-state index in [-0.39, 0.29) is 5.91 Å². The lowest BCUT2D eigenvalue weighted by Crippen LogP contribution is -2.04. The van der Waals surface area contributed by atoms with E-state index < -0.39 is 0 Å². The van der Waals surface area contributed by atoms with E-state index in [1.165, 1.54) is 18.3 Å². The second kappa shape index (κ2) is 3.26. The Bertz CT molecular complexity index is 492. The first-order chi connectivity index (χ1) is 6.66. The third kappa shape index (κ3) is 1.54. The van der Waals surface area contributed by atoms with Crippen LogP contribution in [0.15, 0.2) is 18.2 Å². The van der Waals surface area contributed by atoms with E-state index in [9.17, 15) is 4.79 Å². The molecule has 0 atom stereocenters. The summed E-state index contributed by atoms with van der Waals surface area (Å²) in [6, 6.07) is 5.58. The molecule has 1 aromatic carbocycles. The molecule has 0 bridgehead atoms. The van der Waals surface area contributed by atoms with Crippen LogP contribution in [0.4, 0.5) is 10.8 Å². The number of nitrogen functional groups attached to an aromatic ring is 1. The topological polar surface area (TPSA) is 68.0 Å². The highest BCUT2D eigenvalue weighted by Crippen LogP contribution is 2.29. The van der Waals surface area contributed by atoms with Crippen LogP contribution < -0.4 is 11.1 Å². The molecule has 14 heavy (non-hydrogen) atoms. The molecule has 1 amide bonds. The first-order valence-corrected chi connectivity index (χ1v) is 4.91. The number of aromatic nitrogens is 1. The Morgan fingerprint density at radius 2 is 2.36 bits per heavy atom. The quantitative estimate of drug-likeness (QED) is 0.701. The first-order valence-electron chi connectivity index (χ1n) is 4.09. The molecule has 2 aromatic rings. The molecule has 1 heterocycles. The number of carbonyl (C=O) groups excluding carboxylic acids is 1. The Kier molecular flexibility index (Phi) is 2.09. The Morgan fingerprint density at radius 3 is 3.00 bits per heavy atom. The molecule has 0 fully saturated rings. The van der Waals surface area contributed by atoms with Crippen LogP contribution >= 0.6 is 11.3 Å². The van der Waals surface area contributed by atoms with Crippen LogP contribution in [0, 0.1) is 0 Å². The van der Waals surface area contributed by atoms with Gasteiger partial charge in [-0.3, -0.25) is 4.79 Å². The zero-order chi connectivity index (χ0) is 10.1. The Hall–Kier alpha value is -1.62. The number of hydrogen-bond acceptors (Lipinski definition) is 4. The molecular weight excluding hydrogens is 198 g/mol. The summed E-state index contributed by atoms with van der Waals surface area (Å²) >= 11 is 1.42. The molecular formula is C9H9N3OS. The van der Waals surface area contributed by atoms with Crippen LogP contribution in [0.5, 0.6) is 0 Å². The van der Waals surface area contributed by atoms with Crippen LogP contribution in [0.1, 0.15) is 6.92 Å². The van der Waals surface area contributed by atoms with Crippen molar-refractivity contribution >= 4 is 38.3 Å². The summed E-state index contributed by atoms with van der Waals surface area (Å²) in [6.45, 7) is 1.45. The number of nitrogens with one attached hydrogen (secondary N) is 1. The highest BCUT2D eigenvalue weighted by molar-refractivity contribution is 7.22. The van der Waals surface area contributed by atoms with Gasteiger partial charge in [-0.05, 0) is 12.1 Å². The molecule has 0 unspecified atom stereocenters. The van der Waals surface area contributed by atoms with Crippen molar-refractivity contribution in [3.63, 3.8) is 0 Å². The number of nitrogens with two attached hydrogens (primary N) is 1. The standard InChI is InChI=1S/C9H9N3OS/c1-5(13)11-9-12-8-6(10)3-2-4-7(8)14-9/h2-4H,10H2,1H3,(H,11,12,13). The lowest BCUT2D eigenvalue weighted by Gasteiger charge is -1.92. The Morgan fingerprint density at radius 1 is 1.57 bits per heavy atom. The summed E-state index contributed by atoms with van der Waals surface area (Å²) in [5.74, 6) is -0.123. The van der Waals surface area contributed by atoms with E-state index in [0.717, 1.165) is 10.2 Å². The maximum atomic E-state index is 10.8. The number of nitrogens with zero attached hydrogens (tertiary/aromatic N) is 1. The van der Waals surface area contributed by atoms with Gasteiger partial charge in [0.15, 0.2) is 5.13 Å².